The molecule has 0 fully saturated rings. The first kappa shape index (κ1) is 18.8. The topological polar surface area (TPSA) is 77.8 Å². The van der Waals surface area contributed by atoms with E-state index in [0.29, 0.717) is 11.2 Å². The highest BCUT2D eigenvalue weighted by Crippen LogP contribution is 2.36. The number of aromatic nitrogens is 1. The summed E-state index contributed by atoms with van der Waals surface area (Å²) in [4.78, 5) is 16.1. The van der Waals surface area contributed by atoms with Crippen molar-refractivity contribution in [1.82, 2.24) is 4.98 Å². The van der Waals surface area contributed by atoms with E-state index < -0.39 is 22.7 Å². The summed E-state index contributed by atoms with van der Waals surface area (Å²) in [6.07, 6.45) is -3.52. The molecule has 10 heteroatoms. The monoisotopic (exact) mass is 386 g/mol. The zero-order valence-corrected chi connectivity index (χ0v) is 14.2. The van der Waals surface area contributed by atoms with E-state index in [1.807, 2.05) is 0 Å². The predicted molar refractivity (Wildman–Crippen MR) is 89.3 cm³/mol. The molecule has 2 aromatic rings. The van der Waals surface area contributed by atoms with E-state index >= 15 is 0 Å². The van der Waals surface area contributed by atoms with Gasteiger partial charge < -0.3 is 10.6 Å². The molecule has 2 rings (SSSR count). The lowest BCUT2D eigenvalue weighted by Gasteiger charge is -2.11. The zero-order valence-electron chi connectivity index (χ0n) is 12.6. The Morgan fingerprint density at radius 1 is 1.44 bits per heavy atom. The maximum Gasteiger partial charge on any atom is 0.417 e. The van der Waals surface area contributed by atoms with Crippen LogP contribution in [0.15, 0.2) is 35.4 Å². The van der Waals surface area contributed by atoms with Crippen molar-refractivity contribution >= 4 is 39.7 Å². The van der Waals surface area contributed by atoms with E-state index in [1.54, 1.807) is 18.4 Å². The summed E-state index contributed by atoms with van der Waals surface area (Å²) >= 11 is 6.79. The largest absolute Gasteiger partial charge is 0.417 e. The third-order valence-electron chi connectivity index (χ3n) is 2.85. The molecule has 0 spiro atoms. The first-order valence-electron chi connectivity index (χ1n) is 6.67. The summed E-state index contributed by atoms with van der Waals surface area (Å²) in [5, 5.41) is 15.7. The molecule has 2 N–H and O–H groups in total. The fourth-order valence-corrected chi connectivity index (χ4v) is 2.60. The number of thiazole rings is 1. The molecule has 1 heterocycles. The molecule has 0 radical (unpaired) electrons. The van der Waals surface area contributed by atoms with Gasteiger partial charge in [0.2, 0.25) is 0 Å². The lowest BCUT2D eigenvalue weighted by Crippen LogP contribution is -2.15. The highest BCUT2D eigenvalue weighted by Gasteiger charge is 2.33. The minimum Gasteiger partial charge on any atom is -0.337 e. The summed E-state index contributed by atoms with van der Waals surface area (Å²) in [5.41, 5.74) is -0.764. The SMILES string of the molecule is Cc1csc(N/C=C(/C#N)C(=O)Nc2ccc(Cl)c(C(F)(F)F)c2)n1. The number of halogens is 4. The molecule has 0 saturated heterocycles. The molecule has 0 saturated carbocycles. The quantitative estimate of drug-likeness (QED) is 0.595. The van der Waals surface area contributed by atoms with Crippen molar-refractivity contribution in [2.75, 3.05) is 10.6 Å². The van der Waals surface area contributed by atoms with Crippen LogP contribution in [0.3, 0.4) is 0 Å². The molecular weight excluding hydrogens is 377 g/mol. The molecule has 1 amide bonds. The number of alkyl halides is 3. The summed E-state index contributed by atoms with van der Waals surface area (Å²) in [6.45, 7) is 1.78. The van der Waals surface area contributed by atoms with Gasteiger partial charge in [0.1, 0.15) is 11.6 Å². The minimum atomic E-state index is -4.66. The van der Waals surface area contributed by atoms with E-state index in [0.717, 1.165) is 18.0 Å². The molecule has 1 aromatic heterocycles. The average Bonchev–Trinajstić information content (AvgIpc) is 2.94. The number of amides is 1. The molecule has 0 aliphatic carbocycles. The van der Waals surface area contributed by atoms with Crippen LogP contribution < -0.4 is 10.6 Å². The Labute approximate surface area is 149 Å². The Balaban J connectivity index is 2.16. The molecule has 0 aliphatic heterocycles. The number of carbonyl (C=O) groups is 1. The predicted octanol–water partition coefficient (Wildman–Crippen LogP) is 4.58. The number of benzene rings is 1. The van der Waals surface area contributed by atoms with Gasteiger partial charge in [-0.05, 0) is 25.1 Å². The Hall–Kier alpha value is -2.57. The van der Waals surface area contributed by atoms with Crippen LogP contribution in [0, 0.1) is 18.3 Å². The highest BCUT2D eigenvalue weighted by molar-refractivity contribution is 7.13. The van der Waals surface area contributed by atoms with Crippen molar-refractivity contribution in [3.05, 3.63) is 51.6 Å². The smallest absolute Gasteiger partial charge is 0.337 e. The van der Waals surface area contributed by atoms with Gasteiger partial charge in [0, 0.05) is 17.3 Å². The standard InChI is InChI=1S/C15H10ClF3N4OS/c1-8-7-25-14(22-8)21-6-9(5-20)13(24)23-10-2-3-12(16)11(4-10)15(17,18)19/h2-4,6-7H,1H3,(H,21,22)(H,23,24)/b9-6-. The lowest BCUT2D eigenvalue weighted by atomic mass is 10.2. The lowest BCUT2D eigenvalue weighted by molar-refractivity contribution is -0.137. The molecule has 0 atom stereocenters. The fraction of sp³-hybridized carbons (Fsp3) is 0.133. The van der Waals surface area contributed by atoms with Gasteiger partial charge in [-0.2, -0.15) is 18.4 Å². The van der Waals surface area contributed by atoms with E-state index in [1.165, 1.54) is 17.4 Å². The van der Waals surface area contributed by atoms with Crippen LogP contribution in [0.4, 0.5) is 24.0 Å². The summed E-state index contributed by atoms with van der Waals surface area (Å²) in [5.74, 6) is -0.862. The summed E-state index contributed by atoms with van der Waals surface area (Å²) in [6, 6.07) is 4.60. The first-order valence-corrected chi connectivity index (χ1v) is 7.93. The first-order chi connectivity index (χ1) is 11.7. The average molecular weight is 387 g/mol. The Morgan fingerprint density at radius 2 is 2.16 bits per heavy atom. The third kappa shape index (κ3) is 4.95. The van der Waals surface area contributed by atoms with Gasteiger partial charge >= 0.3 is 6.18 Å². The van der Waals surface area contributed by atoms with Crippen molar-refractivity contribution in [3.63, 3.8) is 0 Å². The maximum absolute atomic E-state index is 12.8. The minimum absolute atomic E-state index is 0.132. The van der Waals surface area contributed by atoms with Crippen LogP contribution in [0.5, 0.6) is 0 Å². The van der Waals surface area contributed by atoms with Crippen molar-refractivity contribution in [1.29, 1.82) is 5.26 Å². The van der Waals surface area contributed by atoms with Gasteiger partial charge in [-0.25, -0.2) is 4.98 Å². The third-order valence-corrected chi connectivity index (χ3v) is 4.07. The molecule has 0 bridgehead atoms. The molecule has 5 nitrogen and oxygen atoms in total. The van der Waals surface area contributed by atoms with Gasteiger partial charge in [0.05, 0.1) is 16.3 Å². The van der Waals surface area contributed by atoms with Crippen LogP contribution >= 0.6 is 22.9 Å². The van der Waals surface area contributed by atoms with E-state index in [9.17, 15) is 18.0 Å². The number of aryl methyl sites for hydroxylation is 1. The molecule has 25 heavy (non-hydrogen) atoms. The molecule has 130 valence electrons. The molecular formula is C15H10ClF3N4OS. The van der Waals surface area contributed by atoms with Crippen molar-refractivity contribution in [2.24, 2.45) is 0 Å². The van der Waals surface area contributed by atoms with Crippen LogP contribution in [-0.4, -0.2) is 10.9 Å². The zero-order chi connectivity index (χ0) is 18.6. The fourth-order valence-electron chi connectivity index (χ4n) is 1.72. The summed E-state index contributed by atoms with van der Waals surface area (Å²) in [7, 11) is 0. The number of carbonyl (C=O) groups excluding carboxylic acids is 1. The van der Waals surface area contributed by atoms with Crippen molar-refractivity contribution in [3.8, 4) is 6.07 Å². The van der Waals surface area contributed by atoms with Gasteiger partial charge in [-0.3, -0.25) is 4.79 Å². The second kappa shape index (κ2) is 7.55. The Morgan fingerprint density at radius 3 is 2.72 bits per heavy atom. The number of rotatable bonds is 4. The van der Waals surface area contributed by atoms with Gasteiger partial charge in [-0.15, -0.1) is 11.3 Å². The number of hydrogen-bond acceptors (Lipinski definition) is 5. The normalized spacial score (nSPS) is 11.8. The van der Waals surface area contributed by atoms with Crippen LogP contribution in [0.25, 0.3) is 0 Å². The van der Waals surface area contributed by atoms with E-state index in [4.69, 9.17) is 16.9 Å². The van der Waals surface area contributed by atoms with Gasteiger partial charge in [0.15, 0.2) is 5.13 Å². The summed E-state index contributed by atoms with van der Waals surface area (Å²) < 4.78 is 38.5. The second-order valence-electron chi connectivity index (χ2n) is 4.75. The van der Waals surface area contributed by atoms with E-state index in [2.05, 4.69) is 15.6 Å². The Bertz CT molecular complexity index is 870. The number of anilines is 2. The Kier molecular flexibility index (Phi) is 5.66. The second-order valence-corrected chi connectivity index (χ2v) is 6.02. The van der Waals surface area contributed by atoms with Gasteiger partial charge in [-0.1, -0.05) is 11.6 Å². The number of nitriles is 1. The number of hydrogen-bond donors (Lipinski definition) is 2. The maximum atomic E-state index is 12.8. The van der Waals surface area contributed by atoms with Crippen LogP contribution in [0.2, 0.25) is 5.02 Å². The van der Waals surface area contributed by atoms with Gasteiger partial charge in [0.25, 0.3) is 5.91 Å². The number of nitrogens with one attached hydrogen (secondary N) is 2. The highest BCUT2D eigenvalue weighted by atomic mass is 35.5. The number of nitrogens with zero attached hydrogens (tertiary/aromatic N) is 2. The van der Waals surface area contributed by atoms with Crippen molar-refractivity contribution < 1.29 is 18.0 Å². The van der Waals surface area contributed by atoms with E-state index in [-0.39, 0.29) is 11.3 Å². The van der Waals surface area contributed by atoms with Crippen LogP contribution in [0.1, 0.15) is 11.3 Å². The molecule has 0 aliphatic rings. The molecule has 0 unspecified atom stereocenters. The van der Waals surface area contributed by atoms with Crippen LogP contribution in [-0.2, 0) is 11.0 Å². The van der Waals surface area contributed by atoms with Crippen molar-refractivity contribution in [2.45, 2.75) is 13.1 Å². The molecule has 1 aromatic carbocycles.